The van der Waals surface area contributed by atoms with Gasteiger partial charge in [0.2, 0.25) is 0 Å². The standard InChI is InChI=1S/C61H46N2/c1-39-33-35-53(41(3)37-39)62(55-29-13-19-43-17-5-7-21-45(43)55)57-31-15-27-51-59(57)47-23-9-11-25-49(47)61(51)50-26-12-10-24-48(50)60-52(61)28-16-32-58(60)63(54-36-34-40(2)38-42(54)4)56-30-14-20-44-18-6-8-22-46(44)56/h5-38H,1-4H3. The number of hydrogen-bond acceptors (Lipinski definition) is 2. The summed E-state index contributed by atoms with van der Waals surface area (Å²) in [6, 6.07) is 77.3. The molecule has 0 bridgehead atoms. The predicted octanol–water partition coefficient (Wildman–Crippen LogP) is 16.5. The van der Waals surface area contributed by atoms with Crippen molar-refractivity contribution in [2.24, 2.45) is 0 Å². The molecule has 0 amide bonds. The Balaban J connectivity index is 1.18. The van der Waals surface area contributed by atoms with Crippen molar-refractivity contribution >= 4 is 55.7 Å². The monoisotopic (exact) mass is 806 g/mol. The Kier molecular flexibility index (Phi) is 8.36. The third kappa shape index (κ3) is 5.38. The van der Waals surface area contributed by atoms with Crippen molar-refractivity contribution in [3.05, 3.63) is 251 Å². The van der Waals surface area contributed by atoms with Gasteiger partial charge in [-0.3, -0.25) is 0 Å². The average Bonchev–Trinajstić information content (AvgIpc) is 3.79. The molecule has 0 heterocycles. The van der Waals surface area contributed by atoms with E-state index >= 15 is 0 Å². The second kappa shape index (κ2) is 14.2. The Hall–Kier alpha value is -7.68. The molecule has 0 unspecified atom stereocenters. The van der Waals surface area contributed by atoms with Gasteiger partial charge in [0.25, 0.3) is 0 Å². The van der Waals surface area contributed by atoms with Crippen molar-refractivity contribution in [1.82, 2.24) is 0 Å². The molecule has 2 heteroatoms. The van der Waals surface area contributed by atoms with Crippen LogP contribution in [0.1, 0.15) is 44.5 Å². The fourth-order valence-electron chi connectivity index (χ4n) is 11.3. The van der Waals surface area contributed by atoms with Crippen molar-refractivity contribution in [2.45, 2.75) is 33.1 Å². The number of fused-ring (bicyclic) bond motifs is 12. The lowest BCUT2D eigenvalue weighted by atomic mass is 9.70. The number of anilines is 6. The SMILES string of the molecule is Cc1ccc(N(c2cccc3c2-c2ccccc2C32c3ccccc3-c3c(N(c4ccc(C)cc4C)c4cccc5ccccc45)cccc32)c2cccc3ccccc23)c(C)c1. The van der Waals surface area contributed by atoms with E-state index in [1.54, 1.807) is 0 Å². The molecule has 10 aromatic rings. The van der Waals surface area contributed by atoms with E-state index in [-0.39, 0.29) is 0 Å². The molecule has 0 radical (unpaired) electrons. The van der Waals surface area contributed by atoms with E-state index in [2.05, 4.69) is 244 Å². The van der Waals surface area contributed by atoms with Gasteiger partial charge in [-0.1, -0.05) is 181 Å². The Morgan fingerprint density at radius 2 is 0.667 bits per heavy atom. The Bertz CT molecular complexity index is 3240. The summed E-state index contributed by atoms with van der Waals surface area (Å²) in [5.41, 5.74) is 21.8. The molecular formula is C61H46N2. The Labute approximate surface area is 370 Å². The first-order valence-corrected chi connectivity index (χ1v) is 22.1. The predicted molar refractivity (Wildman–Crippen MR) is 266 cm³/mol. The highest BCUT2D eigenvalue weighted by molar-refractivity contribution is 6.08. The second-order valence-corrected chi connectivity index (χ2v) is 17.5. The summed E-state index contributed by atoms with van der Waals surface area (Å²) in [7, 11) is 0. The largest absolute Gasteiger partial charge is 0.309 e. The molecule has 0 N–H and O–H groups in total. The third-order valence-electron chi connectivity index (χ3n) is 13.8. The van der Waals surface area contributed by atoms with E-state index in [4.69, 9.17) is 0 Å². The molecule has 1 spiro atoms. The fourth-order valence-corrected chi connectivity index (χ4v) is 11.3. The minimum atomic E-state index is -0.566. The van der Waals surface area contributed by atoms with E-state index in [9.17, 15) is 0 Å². The van der Waals surface area contributed by atoms with Crippen molar-refractivity contribution in [3.63, 3.8) is 0 Å². The Morgan fingerprint density at radius 3 is 1.13 bits per heavy atom. The molecule has 0 saturated heterocycles. The second-order valence-electron chi connectivity index (χ2n) is 17.5. The molecule has 0 aromatic heterocycles. The maximum Gasteiger partial charge on any atom is 0.0727 e. The zero-order valence-corrected chi connectivity index (χ0v) is 36.0. The molecule has 10 aromatic carbocycles. The fraction of sp³-hybridized carbons (Fsp3) is 0.0820. The Morgan fingerprint density at radius 1 is 0.302 bits per heavy atom. The molecule has 0 saturated carbocycles. The number of hydrogen-bond donors (Lipinski definition) is 0. The lowest BCUT2D eigenvalue weighted by molar-refractivity contribution is 0.793. The molecule has 2 aliphatic carbocycles. The van der Waals surface area contributed by atoms with Crippen LogP contribution >= 0.6 is 0 Å². The highest BCUT2D eigenvalue weighted by Crippen LogP contribution is 2.66. The van der Waals surface area contributed by atoms with Crippen LogP contribution in [0.2, 0.25) is 0 Å². The maximum absolute atomic E-state index is 2.53. The zero-order chi connectivity index (χ0) is 42.4. The van der Waals surface area contributed by atoms with E-state index in [0.29, 0.717) is 0 Å². The van der Waals surface area contributed by atoms with Crippen LogP contribution in [0.3, 0.4) is 0 Å². The first-order chi connectivity index (χ1) is 30.9. The van der Waals surface area contributed by atoms with Gasteiger partial charge in [0.15, 0.2) is 0 Å². The van der Waals surface area contributed by atoms with Gasteiger partial charge in [-0.25, -0.2) is 0 Å². The third-order valence-corrected chi connectivity index (χ3v) is 13.8. The minimum Gasteiger partial charge on any atom is -0.309 e. The molecule has 2 aliphatic rings. The molecule has 0 atom stereocenters. The molecule has 0 aliphatic heterocycles. The van der Waals surface area contributed by atoms with Crippen molar-refractivity contribution < 1.29 is 0 Å². The summed E-state index contributed by atoms with van der Waals surface area (Å²) in [5.74, 6) is 0. The summed E-state index contributed by atoms with van der Waals surface area (Å²) < 4.78 is 0. The molecule has 0 fully saturated rings. The van der Waals surface area contributed by atoms with E-state index in [1.165, 1.54) is 122 Å². The van der Waals surface area contributed by atoms with Crippen LogP contribution in [0.4, 0.5) is 34.1 Å². The first kappa shape index (κ1) is 37.1. The normalized spacial score (nSPS) is 12.9. The molecule has 63 heavy (non-hydrogen) atoms. The van der Waals surface area contributed by atoms with Crippen molar-refractivity contribution in [3.8, 4) is 22.3 Å². The van der Waals surface area contributed by atoms with E-state index < -0.39 is 5.41 Å². The van der Waals surface area contributed by atoms with Crippen LogP contribution in [0.25, 0.3) is 43.8 Å². The summed E-state index contributed by atoms with van der Waals surface area (Å²) in [6.45, 7) is 8.87. The van der Waals surface area contributed by atoms with Crippen LogP contribution in [-0.2, 0) is 5.41 Å². The summed E-state index contributed by atoms with van der Waals surface area (Å²) >= 11 is 0. The van der Waals surface area contributed by atoms with E-state index in [0.717, 1.165) is 0 Å². The molecule has 12 rings (SSSR count). The highest BCUT2D eigenvalue weighted by Gasteiger charge is 2.53. The van der Waals surface area contributed by atoms with Crippen LogP contribution in [0.5, 0.6) is 0 Å². The lowest BCUT2D eigenvalue weighted by Crippen LogP contribution is -2.26. The van der Waals surface area contributed by atoms with Crippen LogP contribution in [-0.4, -0.2) is 0 Å². The molecule has 300 valence electrons. The molecular weight excluding hydrogens is 761 g/mol. The number of rotatable bonds is 6. The number of nitrogens with zero attached hydrogens (tertiary/aromatic N) is 2. The highest BCUT2D eigenvalue weighted by atomic mass is 15.2. The van der Waals surface area contributed by atoms with Crippen LogP contribution in [0.15, 0.2) is 206 Å². The molecule has 2 nitrogen and oxygen atoms in total. The maximum atomic E-state index is 2.53. The lowest BCUT2D eigenvalue weighted by Gasteiger charge is -2.33. The quantitative estimate of drug-likeness (QED) is 0.165. The van der Waals surface area contributed by atoms with Gasteiger partial charge in [0, 0.05) is 33.3 Å². The topological polar surface area (TPSA) is 6.48 Å². The summed E-state index contributed by atoms with van der Waals surface area (Å²) in [6.07, 6.45) is 0. The van der Waals surface area contributed by atoms with Gasteiger partial charge in [0.05, 0.1) is 28.2 Å². The van der Waals surface area contributed by atoms with Crippen molar-refractivity contribution in [2.75, 3.05) is 9.80 Å². The van der Waals surface area contributed by atoms with Gasteiger partial charge in [-0.05, 0) is 119 Å². The van der Waals surface area contributed by atoms with E-state index in [1.807, 2.05) is 0 Å². The first-order valence-electron chi connectivity index (χ1n) is 22.1. The van der Waals surface area contributed by atoms with Gasteiger partial charge in [-0.15, -0.1) is 0 Å². The van der Waals surface area contributed by atoms with Gasteiger partial charge in [0.1, 0.15) is 0 Å². The number of benzene rings is 10. The smallest absolute Gasteiger partial charge is 0.0727 e. The van der Waals surface area contributed by atoms with Crippen molar-refractivity contribution in [1.29, 1.82) is 0 Å². The number of aryl methyl sites for hydroxylation is 4. The minimum absolute atomic E-state index is 0.566. The zero-order valence-electron chi connectivity index (χ0n) is 36.0. The van der Waals surface area contributed by atoms with Gasteiger partial charge < -0.3 is 9.80 Å². The van der Waals surface area contributed by atoms with Gasteiger partial charge >= 0.3 is 0 Å². The van der Waals surface area contributed by atoms with Gasteiger partial charge in [-0.2, -0.15) is 0 Å². The average molecular weight is 807 g/mol. The summed E-state index contributed by atoms with van der Waals surface area (Å²) in [5, 5.41) is 4.89. The van der Waals surface area contributed by atoms with Crippen LogP contribution < -0.4 is 9.80 Å². The summed E-state index contributed by atoms with van der Waals surface area (Å²) in [4.78, 5) is 5.07. The van der Waals surface area contributed by atoms with Crippen LogP contribution in [0, 0.1) is 27.7 Å².